The van der Waals surface area contributed by atoms with Crippen LogP contribution in [0.15, 0.2) is 48.5 Å². The van der Waals surface area contributed by atoms with Crippen molar-refractivity contribution in [3.63, 3.8) is 0 Å². The summed E-state index contributed by atoms with van der Waals surface area (Å²) in [5, 5.41) is 6.19. The summed E-state index contributed by atoms with van der Waals surface area (Å²) in [7, 11) is 0. The van der Waals surface area contributed by atoms with Crippen molar-refractivity contribution in [2.45, 2.75) is 58.5 Å². The van der Waals surface area contributed by atoms with Gasteiger partial charge in [0.1, 0.15) is 0 Å². The summed E-state index contributed by atoms with van der Waals surface area (Å²) in [6, 6.07) is 15.7. The molecule has 0 aliphatic heterocycles. The first-order valence-corrected chi connectivity index (χ1v) is 11.7. The monoisotopic (exact) mass is 416 g/mol. The molecule has 0 saturated heterocycles. The Balaban J connectivity index is 1.14. The van der Waals surface area contributed by atoms with E-state index in [0.29, 0.717) is 18.7 Å². The predicted octanol–water partition coefficient (Wildman–Crippen LogP) is 4.76. The van der Waals surface area contributed by atoms with Crippen LogP contribution in [-0.2, 0) is 17.9 Å². The predicted molar refractivity (Wildman–Crippen MR) is 121 cm³/mol. The molecule has 0 atom stereocenters. The maximum absolute atomic E-state index is 13.1. The zero-order chi connectivity index (χ0) is 21.4. The molecule has 4 aliphatic carbocycles. The minimum atomic E-state index is -0.107. The number of amides is 2. The van der Waals surface area contributed by atoms with Gasteiger partial charge in [-0.3, -0.25) is 9.59 Å². The quantitative estimate of drug-likeness (QED) is 0.713. The Labute approximate surface area is 184 Å². The van der Waals surface area contributed by atoms with Crippen molar-refractivity contribution < 1.29 is 9.59 Å². The average Bonchev–Trinajstić information content (AvgIpc) is 2.76. The molecule has 6 rings (SSSR count). The molecule has 2 amide bonds. The highest BCUT2D eigenvalue weighted by molar-refractivity contribution is 5.94. The molecule has 4 aliphatic rings. The Morgan fingerprint density at radius 1 is 0.774 bits per heavy atom. The van der Waals surface area contributed by atoms with E-state index in [9.17, 15) is 9.59 Å². The van der Waals surface area contributed by atoms with Crippen molar-refractivity contribution in [1.29, 1.82) is 0 Å². The maximum Gasteiger partial charge on any atom is 0.251 e. The van der Waals surface area contributed by atoms with Gasteiger partial charge in [0.25, 0.3) is 5.91 Å². The van der Waals surface area contributed by atoms with E-state index in [1.165, 1.54) is 24.8 Å². The van der Waals surface area contributed by atoms with Crippen LogP contribution in [0.25, 0.3) is 0 Å². The number of carbonyl (C=O) groups excluding carboxylic acids is 2. The molecule has 2 N–H and O–H groups in total. The largest absolute Gasteiger partial charge is 0.352 e. The van der Waals surface area contributed by atoms with Crippen molar-refractivity contribution in [2.75, 3.05) is 0 Å². The Kier molecular flexibility index (Phi) is 5.33. The Morgan fingerprint density at radius 2 is 1.26 bits per heavy atom. The topological polar surface area (TPSA) is 58.2 Å². The molecule has 4 nitrogen and oxygen atoms in total. The van der Waals surface area contributed by atoms with Crippen LogP contribution in [0.3, 0.4) is 0 Å². The van der Waals surface area contributed by atoms with E-state index >= 15 is 0 Å². The van der Waals surface area contributed by atoms with Crippen LogP contribution in [-0.4, -0.2) is 11.8 Å². The van der Waals surface area contributed by atoms with Gasteiger partial charge in [0.05, 0.1) is 0 Å². The Bertz CT molecular complexity index is 926. The summed E-state index contributed by atoms with van der Waals surface area (Å²) >= 11 is 0. The SMILES string of the molecule is Cc1ccc(CNC(=O)c2ccc(CNC(=O)C34CC5CC(CC(C5)C3)C4)cc2)cc1. The van der Waals surface area contributed by atoms with E-state index in [1.54, 1.807) is 0 Å². The lowest BCUT2D eigenvalue weighted by atomic mass is 9.49. The summed E-state index contributed by atoms with van der Waals surface area (Å²) in [6.45, 7) is 3.10. The van der Waals surface area contributed by atoms with Crippen molar-refractivity contribution in [2.24, 2.45) is 23.2 Å². The van der Waals surface area contributed by atoms with Gasteiger partial charge in [-0.15, -0.1) is 0 Å². The van der Waals surface area contributed by atoms with Gasteiger partial charge >= 0.3 is 0 Å². The van der Waals surface area contributed by atoms with E-state index < -0.39 is 0 Å². The van der Waals surface area contributed by atoms with Gasteiger partial charge < -0.3 is 10.6 Å². The third kappa shape index (κ3) is 4.26. The summed E-state index contributed by atoms with van der Waals surface area (Å²) < 4.78 is 0. The first-order valence-electron chi connectivity index (χ1n) is 11.7. The molecule has 4 saturated carbocycles. The number of hydrogen-bond acceptors (Lipinski definition) is 2. The summed E-state index contributed by atoms with van der Waals surface area (Å²) in [6.07, 6.45) is 7.31. The molecule has 4 bridgehead atoms. The Hall–Kier alpha value is -2.62. The third-order valence-corrected chi connectivity index (χ3v) is 7.76. The van der Waals surface area contributed by atoms with Gasteiger partial charge in [-0.25, -0.2) is 0 Å². The number of aryl methyl sites for hydroxylation is 1. The number of nitrogens with one attached hydrogen (secondary N) is 2. The molecular weight excluding hydrogens is 384 g/mol. The van der Waals surface area contributed by atoms with Crippen molar-refractivity contribution >= 4 is 11.8 Å². The minimum Gasteiger partial charge on any atom is -0.352 e. The zero-order valence-corrected chi connectivity index (χ0v) is 18.3. The highest BCUT2D eigenvalue weighted by Gasteiger charge is 2.54. The first kappa shape index (κ1) is 20.3. The fourth-order valence-electron chi connectivity index (χ4n) is 6.52. The lowest BCUT2D eigenvalue weighted by molar-refractivity contribution is -0.146. The molecule has 4 fully saturated rings. The number of benzene rings is 2. The minimum absolute atomic E-state index is 0.0790. The lowest BCUT2D eigenvalue weighted by Gasteiger charge is -2.55. The summed E-state index contributed by atoms with van der Waals surface area (Å²) in [4.78, 5) is 25.6. The number of hydrogen-bond donors (Lipinski definition) is 2. The number of carbonyl (C=O) groups is 2. The van der Waals surface area contributed by atoms with Gasteiger partial charge in [0.2, 0.25) is 5.91 Å². The van der Waals surface area contributed by atoms with E-state index in [2.05, 4.69) is 17.6 Å². The molecule has 0 aromatic heterocycles. The van der Waals surface area contributed by atoms with Crippen LogP contribution < -0.4 is 10.6 Å². The van der Waals surface area contributed by atoms with E-state index in [1.807, 2.05) is 48.5 Å². The highest BCUT2D eigenvalue weighted by Crippen LogP contribution is 2.60. The highest BCUT2D eigenvalue weighted by atomic mass is 16.2. The van der Waals surface area contributed by atoms with Gasteiger partial charge in [0, 0.05) is 24.1 Å². The van der Waals surface area contributed by atoms with Crippen molar-refractivity contribution in [3.05, 3.63) is 70.8 Å². The van der Waals surface area contributed by atoms with Gasteiger partial charge in [0.15, 0.2) is 0 Å². The van der Waals surface area contributed by atoms with Crippen molar-refractivity contribution in [1.82, 2.24) is 10.6 Å². The van der Waals surface area contributed by atoms with Crippen LogP contribution in [0.5, 0.6) is 0 Å². The van der Waals surface area contributed by atoms with Gasteiger partial charge in [-0.2, -0.15) is 0 Å². The molecule has 0 spiro atoms. The molecule has 162 valence electrons. The summed E-state index contributed by atoms with van der Waals surface area (Å²) in [5.41, 5.74) is 3.87. The Morgan fingerprint density at radius 3 is 1.81 bits per heavy atom. The zero-order valence-electron chi connectivity index (χ0n) is 18.3. The molecule has 0 radical (unpaired) electrons. The van der Waals surface area contributed by atoms with E-state index in [-0.39, 0.29) is 17.2 Å². The van der Waals surface area contributed by atoms with Crippen LogP contribution in [0, 0.1) is 30.1 Å². The smallest absolute Gasteiger partial charge is 0.251 e. The second-order valence-electron chi connectivity index (χ2n) is 10.2. The molecule has 31 heavy (non-hydrogen) atoms. The van der Waals surface area contributed by atoms with Crippen molar-refractivity contribution in [3.8, 4) is 0 Å². The fraction of sp³-hybridized carbons (Fsp3) is 0.481. The number of rotatable bonds is 6. The molecule has 2 aromatic rings. The molecular formula is C27H32N2O2. The van der Waals surface area contributed by atoms with Crippen LogP contribution in [0.4, 0.5) is 0 Å². The molecule has 4 heteroatoms. The van der Waals surface area contributed by atoms with E-state index in [0.717, 1.165) is 48.1 Å². The van der Waals surface area contributed by atoms with Gasteiger partial charge in [-0.1, -0.05) is 42.0 Å². The fourth-order valence-corrected chi connectivity index (χ4v) is 6.52. The standard InChI is InChI=1S/C27H32N2O2/c1-18-2-4-19(5-3-18)16-28-25(30)24-8-6-20(7-9-24)17-29-26(31)27-13-21-10-22(14-27)12-23(11-21)15-27/h2-9,21-23H,10-17H2,1H3,(H,28,30)(H,29,31). The second-order valence-corrected chi connectivity index (χ2v) is 10.2. The normalized spacial score (nSPS) is 28.4. The van der Waals surface area contributed by atoms with Gasteiger partial charge in [-0.05, 0) is 86.5 Å². The summed E-state index contributed by atoms with van der Waals surface area (Å²) in [5.74, 6) is 2.50. The molecule has 2 aromatic carbocycles. The van der Waals surface area contributed by atoms with Crippen LogP contribution in [0.2, 0.25) is 0 Å². The second kappa shape index (κ2) is 8.14. The third-order valence-electron chi connectivity index (χ3n) is 7.76. The van der Waals surface area contributed by atoms with Crippen LogP contribution >= 0.6 is 0 Å². The first-order chi connectivity index (χ1) is 15.0. The molecule has 0 heterocycles. The lowest BCUT2D eigenvalue weighted by Crippen LogP contribution is -2.53. The van der Waals surface area contributed by atoms with E-state index in [4.69, 9.17) is 0 Å². The van der Waals surface area contributed by atoms with Crippen LogP contribution in [0.1, 0.15) is 65.6 Å². The molecule has 0 unspecified atom stereocenters. The maximum atomic E-state index is 13.1. The average molecular weight is 417 g/mol.